The molecule has 2 aliphatic heterocycles. The molecule has 1 saturated heterocycles. The number of morpholine rings is 1. The van der Waals surface area contributed by atoms with Crippen molar-refractivity contribution in [2.45, 2.75) is 32.9 Å². The molecule has 0 radical (unpaired) electrons. The highest BCUT2D eigenvalue weighted by Gasteiger charge is 2.24. The Morgan fingerprint density at radius 3 is 2.96 bits per heavy atom. The van der Waals surface area contributed by atoms with Gasteiger partial charge in [-0.3, -0.25) is 14.9 Å². The van der Waals surface area contributed by atoms with E-state index in [1.165, 1.54) is 11.5 Å². The molecular weight excluding hydrogens is 313 g/mol. The summed E-state index contributed by atoms with van der Waals surface area (Å²) >= 11 is 0. The molecule has 3 rings (SSSR count). The Kier molecular flexibility index (Phi) is 7.11. The van der Waals surface area contributed by atoms with Crippen molar-refractivity contribution in [3.63, 3.8) is 0 Å². The summed E-state index contributed by atoms with van der Waals surface area (Å²) in [7, 11) is 0. The smallest absolute Gasteiger partial charge is 0.274 e. The van der Waals surface area contributed by atoms with E-state index in [0.717, 1.165) is 31.7 Å². The molecule has 7 heteroatoms. The average molecular weight is 339 g/mol. The van der Waals surface area contributed by atoms with Gasteiger partial charge in [0, 0.05) is 43.9 Å². The fourth-order valence-electron chi connectivity index (χ4n) is 3.05. The van der Waals surface area contributed by atoms with Crippen molar-refractivity contribution < 1.29 is 19.1 Å². The fourth-order valence-corrected chi connectivity index (χ4v) is 3.05. The Balaban J connectivity index is 0.00000100. The summed E-state index contributed by atoms with van der Waals surface area (Å²) in [5, 5.41) is 11.9. The molecule has 1 aromatic carbocycles. The molecule has 1 unspecified atom stereocenters. The first kappa shape index (κ1) is 18.8. The molecule has 134 valence electrons. The van der Waals surface area contributed by atoms with Gasteiger partial charge < -0.3 is 10.1 Å². The molecular formula is C17H26FN3O3. The first-order chi connectivity index (χ1) is 11.7. The number of rotatable bonds is 3. The second-order valence-corrected chi connectivity index (χ2v) is 5.72. The molecule has 24 heavy (non-hydrogen) atoms. The van der Waals surface area contributed by atoms with E-state index >= 15 is 0 Å². The maximum atomic E-state index is 14.2. The van der Waals surface area contributed by atoms with Gasteiger partial charge in [-0.25, -0.2) is 9.87 Å². The van der Waals surface area contributed by atoms with Crippen LogP contribution in [0.4, 0.5) is 4.39 Å². The van der Waals surface area contributed by atoms with Gasteiger partial charge in [0.25, 0.3) is 5.91 Å². The number of nitrogens with one attached hydrogen (secondary N) is 2. The van der Waals surface area contributed by atoms with Crippen molar-refractivity contribution in [2.24, 2.45) is 0 Å². The van der Waals surface area contributed by atoms with Gasteiger partial charge >= 0.3 is 0 Å². The van der Waals surface area contributed by atoms with Gasteiger partial charge in [0.1, 0.15) is 5.82 Å². The van der Waals surface area contributed by atoms with E-state index in [1.54, 1.807) is 6.07 Å². The van der Waals surface area contributed by atoms with Crippen molar-refractivity contribution >= 4 is 5.91 Å². The number of nitrogens with zero attached hydrogens (tertiary/aromatic N) is 1. The molecule has 2 aliphatic rings. The van der Waals surface area contributed by atoms with Crippen LogP contribution in [0.2, 0.25) is 0 Å². The first-order valence-corrected chi connectivity index (χ1v) is 8.48. The van der Waals surface area contributed by atoms with E-state index in [-0.39, 0.29) is 11.7 Å². The van der Waals surface area contributed by atoms with E-state index in [2.05, 4.69) is 10.2 Å². The second-order valence-electron chi connectivity index (χ2n) is 5.72. The largest absolute Gasteiger partial charge is 0.374 e. The minimum atomic E-state index is -0.689. The second kappa shape index (κ2) is 9.08. The van der Waals surface area contributed by atoms with Gasteiger partial charge in [0.2, 0.25) is 0 Å². The van der Waals surface area contributed by atoms with Crippen LogP contribution >= 0.6 is 0 Å². The molecule has 0 saturated carbocycles. The minimum Gasteiger partial charge on any atom is -0.374 e. The van der Waals surface area contributed by atoms with Gasteiger partial charge in [0.05, 0.1) is 12.7 Å². The van der Waals surface area contributed by atoms with Crippen LogP contribution in [0.25, 0.3) is 0 Å². The molecule has 1 atom stereocenters. The quantitative estimate of drug-likeness (QED) is 0.572. The highest BCUT2D eigenvalue weighted by atomic mass is 19.1. The van der Waals surface area contributed by atoms with Crippen LogP contribution < -0.4 is 10.8 Å². The third-order valence-electron chi connectivity index (χ3n) is 4.20. The van der Waals surface area contributed by atoms with Crippen molar-refractivity contribution in [2.75, 3.05) is 32.8 Å². The van der Waals surface area contributed by atoms with E-state index in [4.69, 9.17) is 9.94 Å². The van der Waals surface area contributed by atoms with Crippen LogP contribution in [-0.4, -0.2) is 54.9 Å². The van der Waals surface area contributed by atoms with Crippen LogP contribution in [0.5, 0.6) is 0 Å². The Bertz CT molecular complexity index is 562. The highest BCUT2D eigenvalue weighted by molar-refractivity contribution is 5.93. The fraction of sp³-hybridized carbons (Fsp3) is 0.588. The molecule has 6 nitrogen and oxygen atoms in total. The van der Waals surface area contributed by atoms with Crippen molar-refractivity contribution in [1.29, 1.82) is 0 Å². The Morgan fingerprint density at radius 1 is 1.50 bits per heavy atom. The number of carbonyl (C=O) groups excluding carboxylic acids is 1. The van der Waals surface area contributed by atoms with E-state index in [1.807, 2.05) is 13.8 Å². The number of hydroxylamine groups is 1. The number of hydrogen-bond donors (Lipinski definition) is 3. The lowest BCUT2D eigenvalue weighted by Gasteiger charge is -2.33. The van der Waals surface area contributed by atoms with Crippen molar-refractivity contribution in [3.8, 4) is 0 Å². The lowest BCUT2D eigenvalue weighted by Crippen LogP contribution is -2.46. The zero-order valence-corrected chi connectivity index (χ0v) is 14.3. The summed E-state index contributed by atoms with van der Waals surface area (Å²) in [6, 6.07) is 2.83. The third-order valence-corrected chi connectivity index (χ3v) is 4.20. The SMILES string of the molecule is CC.O=C(NO)c1cc(F)c2c(c1)CCN(CC1CNCCO1)C2. The minimum absolute atomic E-state index is 0.137. The van der Waals surface area contributed by atoms with Crippen molar-refractivity contribution in [3.05, 3.63) is 34.6 Å². The lowest BCUT2D eigenvalue weighted by atomic mass is 9.96. The average Bonchev–Trinajstić information content (AvgIpc) is 2.64. The summed E-state index contributed by atoms with van der Waals surface area (Å²) in [6.45, 7) is 8.50. The maximum absolute atomic E-state index is 14.2. The molecule has 0 spiro atoms. The molecule has 2 heterocycles. The zero-order chi connectivity index (χ0) is 17.5. The molecule has 0 bridgehead atoms. The third kappa shape index (κ3) is 4.51. The monoisotopic (exact) mass is 339 g/mol. The van der Waals surface area contributed by atoms with Crippen molar-refractivity contribution in [1.82, 2.24) is 15.7 Å². The number of fused-ring (bicyclic) bond motifs is 1. The maximum Gasteiger partial charge on any atom is 0.274 e. The van der Waals surface area contributed by atoms with E-state index in [0.29, 0.717) is 25.1 Å². The number of hydrogen-bond acceptors (Lipinski definition) is 5. The standard InChI is InChI=1S/C15H20FN3O3.C2H6/c16-14-6-11(15(20)18-21)5-10-1-3-19(9-13(10)14)8-12-7-17-2-4-22-12;1-2/h5-6,12,17,21H,1-4,7-9H2,(H,18,20);1-2H3. The lowest BCUT2D eigenvalue weighted by molar-refractivity contribution is 0.00278. The summed E-state index contributed by atoms with van der Waals surface area (Å²) in [4.78, 5) is 13.6. The Hall–Kier alpha value is -1.54. The van der Waals surface area contributed by atoms with E-state index < -0.39 is 11.7 Å². The first-order valence-electron chi connectivity index (χ1n) is 8.48. The van der Waals surface area contributed by atoms with Gasteiger partial charge in [-0.2, -0.15) is 0 Å². The Labute approximate surface area is 141 Å². The molecule has 1 fully saturated rings. The normalized spacial score (nSPS) is 20.6. The summed E-state index contributed by atoms with van der Waals surface area (Å²) in [6.07, 6.45) is 0.816. The van der Waals surface area contributed by atoms with Gasteiger partial charge in [-0.15, -0.1) is 0 Å². The number of ether oxygens (including phenoxy) is 1. The number of amides is 1. The van der Waals surface area contributed by atoms with Gasteiger partial charge in [0.15, 0.2) is 0 Å². The topological polar surface area (TPSA) is 73.8 Å². The van der Waals surface area contributed by atoms with Crippen LogP contribution in [0.1, 0.15) is 35.3 Å². The van der Waals surface area contributed by atoms with Crippen LogP contribution in [0.15, 0.2) is 12.1 Å². The summed E-state index contributed by atoms with van der Waals surface area (Å²) in [5.41, 5.74) is 3.14. The number of benzene rings is 1. The zero-order valence-electron chi connectivity index (χ0n) is 14.3. The van der Waals surface area contributed by atoms with E-state index in [9.17, 15) is 9.18 Å². The van der Waals surface area contributed by atoms with Gasteiger partial charge in [-0.1, -0.05) is 13.8 Å². The predicted octanol–water partition coefficient (Wildman–Crippen LogP) is 1.32. The number of carbonyl (C=O) groups is 1. The molecule has 0 aromatic heterocycles. The number of halogens is 1. The van der Waals surface area contributed by atoms with Crippen LogP contribution in [-0.2, 0) is 17.7 Å². The van der Waals surface area contributed by atoms with Crippen LogP contribution in [0, 0.1) is 5.82 Å². The molecule has 1 aromatic rings. The highest BCUT2D eigenvalue weighted by Crippen LogP contribution is 2.24. The van der Waals surface area contributed by atoms with Gasteiger partial charge in [-0.05, 0) is 24.1 Å². The Morgan fingerprint density at radius 2 is 2.29 bits per heavy atom. The molecule has 1 amide bonds. The summed E-state index contributed by atoms with van der Waals surface area (Å²) in [5.74, 6) is -1.09. The summed E-state index contributed by atoms with van der Waals surface area (Å²) < 4.78 is 19.9. The predicted molar refractivity (Wildman–Crippen MR) is 88.6 cm³/mol. The van der Waals surface area contributed by atoms with Crippen LogP contribution in [0.3, 0.4) is 0 Å². The molecule has 3 N–H and O–H groups in total. The molecule has 0 aliphatic carbocycles.